The third-order valence-corrected chi connectivity index (χ3v) is 4.81. The average Bonchev–Trinajstić information content (AvgIpc) is 3.40. The Balaban J connectivity index is 1.46. The number of hydrogen-bond acceptors (Lipinski definition) is 5. The number of rotatable bonds is 4. The van der Waals surface area contributed by atoms with Crippen LogP contribution in [0.1, 0.15) is 31.2 Å². The van der Waals surface area contributed by atoms with Crippen LogP contribution in [0, 0.1) is 0 Å². The zero-order chi connectivity index (χ0) is 19.8. The Bertz CT molecular complexity index is 1070. The minimum atomic E-state index is -0.913. The standard InChI is InChI=1S/C18H18N6O4/c19-16(26)12-4-10(5-20-12)18(28)24-7-13(14(25)8-24)22-17(27)11-3-1-2-9-6-21-23-15(9)11/h1-6,13-14,20,25H,7-8H2,(H2,19,26)(H,21,23)(H,22,27)/t13-,14-/m1/s1. The van der Waals surface area contributed by atoms with Crippen LogP contribution in [0.25, 0.3) is 10.9 Å². The van der Waals surface area contributed by atoms with E-state index in [-0.39, 0.29) is 36.2 Å². The van der Waals surface area contributed by atoms with Gasteiger partial charge in [-0.15, -0.1) is 0 Å². The van der Waals surface area contributed by atoms with Gasteiger partial charge in [0.1, 0.15) is 5.69 Å². The normalized spacial score (nSPS) is 19.1. The van der Waals surface area contributed by atoms with Gasteiger partial charge in [0.05, 0.1) is 35.0 Å². The molecule has 3 heterocycles. The number of nitrogens with zero attached hydrogens (tertiary/aromatic N) is 2. The van der Waals surface area contributed by atoms with Crippen LogP contribution in [0.3, 0.4) is 0 Å². The Morgan fingerprint density at radius 1 is 1.29 bits per heavy atom. The fraction of sp³-hybridized carbons (Fsp3) is 0.222. The van der Waals surface area contributed by atoms with E-state index in [9.17, 15) is 19.5 Å². The monoisotopic (exact) mass is 382 g/mol. The number of carbonyl (C=O) groups excluding carboxylic acids is 3. The Hall–Kier alpha value is -3.66. The Morgan fingerprint density at radius 2 is 2.11 bits per heavy atom. The summed E-state index contributed by atoms with van der Waals surface area (Å²) in [6, 6.07) is 5.98. The van der Waals surface area contributed by atoms with Crippen molar-refractivity contribution in [2.75, 3.05) is 13.1 Å². The van der Waals surface area contributed by atoms with Crippen molar-refractivity contribution < 1.29 is 19.5 Å². The molecule has 0 bridgehead atoms. The summed E-state index contributed by atoms with van der Waals surface area (Å²) in [6.45, 7) is 0.205. The highest BCUT2D eigenvalue weighted by atomic mass is 16.3. The molecule has 0 spiro atoms. The number of nitrogens with two attached hydrogens (primary N) is 1. The highest BCUT2D eigenvalue weighted by molar-refractivity contribution is 6.05. The van der Waals surface area contributed by atoms with Crippen LogP contribution in [0.4, 0.5) is 0 Å². The second-order valence-electron chi connectivity index (χ2n) is 6.66. The maximum atomic E-state index is 12.7. The molecule has 2 aromatic heterocycles. The molecule has 2 atom stereocenters. The number of β-amino-alcohol motifs (C(OH)–C–C–N with tert-alkyl or cyclic N) is 1. The molecule has 4 rings (SSSR count). The molecule has 6 N–H and O–H groups in total. The lowest BCUT2D eigenvalue weighted by Gasteiger charge is -2.16. The molecule has 10 nitrogen and oxygen atoms in total. The quantitative estimate of drug-likeness (QED) is 0.415. The van der Waals surface area contributed by atoms with Crippen molar-refractivity contribution in [3.05, 3.63) is 53.5 Å². The van der Waals surface area contributed by atoms with Gasteiger partial charge in [-0.2, -0.15) is 5.10 Å². The van der Waals surface area contributed by atoms with Crippen molar-refractivity contribution in [1.29, 1.82) is 0 Å². The smallest absolute Gasteiger partial charge is 0.265 e. The van der Waals surface area contributed by atoms with Crippen molar-refractivity contribution in [3.8, 4) is 0 Å². The predicted molar refractivity (Wildman–Crippen MR) is 98.6 cm³/mol. The summed E-state index contributed by atoms with van der Waals surface area (Å²) in [5.41, 5.74) is 6.57. The number of likely N-dealkylation sites (tertiary alicyclic amines) is 1. The molecule has 0 aliphatic carbocycles. The summed E-state index contributed by atoms with van der Waals surface area (Å²) < 4.78 is 0. The van der Waals surface area contributed by atoms with Gasteiger partial charge >= 0.3 is 0 Å². The highest BCUT2D eigenvalue weighted by Crippen LogP contribution is 2.18. The lowest BCUT2D eigenvalue weighted by atomic mass is 10.1. The summed E-state index contributed by atoms with van der Waals surface area (Å²) in [6.07, 6.45) is 2.09. The third-order valence-electron chi connectivity index (χ3n) is 4.81. The van der Waals surface area contributed by atoms with E-state index in [1.54, 1.807) is 18.3 Å². The van der Waals surface area contributed by atoms with Crippen LogP contribution in [0.5, 0.6) is 0 Å². The van der Waals surface area contributed by atoms with Crippen LogP contribution in [0.15, 0.2) is 36.7 Å². The average molecular weight is 382 g/mol. The van der Waals surface area contributed by atoms with Crippen LogP contribution in [0.2, 0.25) is 0 Å². The molecule has 0 unspecified atom stereocenters. The van der Waals surface area contributed by atoms with Crippen LogP contribution in [-0.4, -0.2) is 68.1 Å². The van der Waals surface area contributed by atoms with Gasteiger partial charge in [0, 0.05) is 24.7 Å². The fourth-order valence-electron chi connectivity index (χ4n) is 3.34. The van der Waals surface area contributed by atoms with Gasteiger partial charge < -0.3 is 26.0 Å². The first-order valence-corrected chi connectivity index (χ1v) is 8.62. The Morgan fingerprint density at radius 3 is 2.86 bits per heavy atom. The van der Waals surface area contributed by atoms with E-state index >= 15 is 0 Å². The van der Waals surface area contributed by atoms with Crippen molar-refractivity contribution >= 4 is 28.6 Å². The SMILES string of the molecule is NC(=O)c1cc(C(=O)N2C[C@@H](O)[C@H](NC(=O)c3cccc4cn[nH]c34)C2)c[nH]1. The number of aromatic amines is 2. The van der Waals surface area contributed by atoms with Gasteiger partial charge in [-0.1, -0.05) is 12.1 Å². The largest absolute Gasteiger partial charge is 0.389 e. The van der Waals surface area contributed by atoms with E-state index in [4.69, 9.17) is 5.73 Å². The van der Waals surface area contributed by atoms with Crippen LogP contribution < -0.4 is 11.1 Å². The van der Waals surface area contributed by atoms with Crippen molar-refractivity contribution in [2.24, 2.45) is 5.73 Å². The van der Waals surface area contributed by atoms with Gasteiger partial charge in [-0.05, 0) is 12.1 Å². The number of aromatic nitrogens is 3. The highest BCUT2D eigenvalue weighted by Gasteiger charge is 2.36. The minimum Gasteiger partial charge on any atom is -0.389 e. The van der Waals surface area contributed by atoms with E-state index in [0.29, 0.717) is 11.1 Å². The number of hydrogen-bond donors (Lipinski definition) is 5. The van der Waals surface area contributed by atoms with E-state index in [2.05, 4.69) is 20.5 Å². The fourth-order valence-corrected chi connectivity index (χ4v) is 3.34. The van der Waals surface area contributed by atoms with E-state index in [1.807, 2.05) is 6.07 Å². The summed E-state index contributed by atoms with van der Waals surface area (Å²) in [5.74, 6) is -1.40. The molecule has 1 saturated heterocycles. The van der Waals surface area contributed by atoms with Gasteiger partial charge in [0.25, 0.3) is 17.7 Å². The number of para-hydroxylation sites is 1. The number of aliphatic hydroxyl groups excluding tert-OH is 1. The van der Waals surface area contributed by atoms with Crippen molar-refractivity contribution in [3.63, 3.8) is 0 Å². The van der Waals surface area contributed by atoms with Gasteiger partial charge in [0.2, 0.25) is 0 Å². The van der Waals surface area contributed by atoms with Crippen LogP contribution >= 0.6 is 0 Å². The number of amides is 3. The molecule has 10 heteroatoms. The molecule has 28 heavy (non-hydrogen) atoms. The minimum absolute atomic E-state index is 0.0646. The van der Waals surface area contributed by atoms with Crippen molar-refractivity contribution in [2.45, 2.75) is 12.1 Å². The number of aliphatic hydroxyl groups is 1. The molecule has 0 radical (unpaired) electrons. The number of carbonyl (C=O) groups is 3. The second kappa shape index (κ2) is 6.82. The van der Waals surface area contributed by atoms with Crippen LogP contribution in [-0.2, 0) is 0 Å². The number of primary amides is 1. The summed E-state index contributed by atoms with van der Waals surface area (Å²) in [7, 11) is 0. The molecule has 0 saturated carbocycles. The van der Waals surface area contributed by atoms with Gasteiger partial charge in [-0.3, -0.25) is 19.5 Å². The first-order chi connectivity index (χ1) is 13.4. The van der Waals surface area contributed by atoms with Gasteiger partial charge in [-0.25, -0.2) is 0 Å². The molecule has 1 aromatic carbocycles. The maximum Gasteiger partial charge on any atom is 0.265 e. The predicted octanol–water partition coefficient (Wildman–Crippen LogP) is -0.395. The zero-order valence-corrected chi connectivity index (χ0v) is 14.7. The molecule has 144 valence electrons. The van der Waals surface area contributed by atoms with E-state index in [1.165, 1.54) is 17.2 Å². The zero-order valence-electron chi connectivity index (χ0n) is 14.7. The van der Waals surface area contributed by atoms with Crippen molar-refractivity contribution in [1.82, 2.24) is 25.4 Å². The first-order valence-electron chi connectivity index (χ1n) is 8.62. The summed E-state index contributed by atoms with van der Waals surface area (Å²) in [5, 5.41) is 20.6. The lowest BCUT2D eigenvalue weighted by Crippen LogP contribution is -2.43. The number of benzene rings is 1. The second-order valence-corrected chi connectivity index (χ2v) is 6.66. The molecular weight excluding hydrogens is 364 g/mol. The molecule has 1 fully saturated rings. The number of H-pyrrole nitrogens is 2. The molecule has 1 aliphatic heterocycles. The topological polar surface area (TPSA) is 157 Å². The summed E-state index contributed by atoms with van der Waals surface area (Å²) >= 11 is 0. The maximum absolute atomic E-state index is 12.7. The summed E-state index contributed by atoms with van der Waals surface area (Å²) in [4.78, 5) is 40.5. The van der Waals surface area contributed by atoms with E-state index < -0.39 is 18.1 Å². The van der Waals surface area contributed by atoms with Gasteiger partial charge in [0.15, 0.2) is 0 Å². The molecule has 1 aliphatic rings. The van der Waals surface area contributed by atoms with E-state index in [0.717, 1.165) is 5.39 Å². The molecular formula is C18H18N6O4. The Labute approximate surface area is 158 Å². The molecule has 3 aromatic rings. The Kier molecular flexibility index (Phi) is 4.32. The third kappa shape index (κ3) is 3.09. The lowest BCUT2D eigenvalue weighted by molar-refractivity contribution is 0.0765. The number of nitrogens with one attached hydrogen (secondary N) is 3. The molecule has 3 amide bonds. The number of fused-ring (bicyclic) bond motifs is 1. The first kappa shape index (κ1) is 17.7.